The van der Waals surface area contributed by atoms with Crippen LogP contribution >= 0.6 is 11.8 Å². The number of aromatic nitrogens is 1. The number of thioether (sulfide) groups is 1. The number of carboxylic acids is 1. The number of rotatable bonds is 5. The fourth-order valence-electron chi connectivity index (χ4n) is 5.83. The molecule has 1 N–H and O–H groups in total. The number of fused-ring (bicyclic) bond motifs is 2. The van der Waals surface area contributed by atoms with Crippen molar-refractivity contribution in [2.24, 2.45) is 0 Å². The van der Waals surface area contributed by atoms with Crippen molar-refractivity contribution < 1.29 is 14.6 Å². The zero-order valence-electron chi connectivity index (χ0n) is 20.4. The van der Waals surface area contributed by atoms with Crippen molar-refractivity contribution in [2.75, 3.05) is 5.75 Å². The lowest BCUT2D eigenvalue weighted by Crippen LogP contribution is -2.08. The standard InChI is InChI=1S/C29H28N2O3S/c1-15-7-16(2)29(27-17(3)8-19(12-30)9-18(27)4)21-5-6-23(28(15)21)34-25-11-24-22(13-31-25)20(14-35-24)10-26(32)33/h7-9,11,13,20,23H,5-6,10,14H2,1-4H3,(H,32,33). The Hall–Kier alpha value is -3.30. The van der Waals surface area contributed by atoms with Crippen LogP contribution in [0.2, 0.25) is 0 Å². The van der Waals surface area contributed by atoms with Crippen LogP contribution < -0.4 is 4.74 Å². The zero-order chi connectivity index (χ0) is 24.9. The van der Waals surface area contributed by atoms with Crippen LogP contribution in [-0.2, 0) is 11.2 Å². The van der Waals surface area contributed by atoms with Gasteiger partial charge in [-0.15, -0.1) is 11.8 Å². The molecule has 2 heterocycles. The first-order valence-electron chi connectivity index (χ1n) is 11.9. The molecule has 1 aromatic heterocycles. The van der Waals surface area contributed by atoms with Crippen molar-refractivity contribution in [1.29, 1.82) is 5.26 Å². The monoisotopic (exact) mass is 484 g/mol. The summed E-state index contributed by atoms with van der Waals surface area (Å²) in [5.41, 5.74) is 11.5. The molecule has 178 valence electrons. The lowest BCUT2D eigenvalue weighted by molar-refractivity contribution is -0.137. The molecule has 0 bridgehead atoms. The molecular formula is C29H28N2O3S. The van der Waals surface area contributed by atoms with Crippen LogP contribution in [0.3, 0.4) is 0 Å². The van der Waals surface area contributed by atoms with Crippen LogP contribution in [0.1, 0.15) is 69.4 Å². The lowest BCUT2D eigenvalue weighted by Gasteiger charge is -2.21. The Morgan fingerprint density at radius 1 is 1.11 bits per heavy atom. The van der Waals surface area contributed by atoms with Crippen molar-refractivity contribution in [3.05, 3.63) is 75.0 Å². The van der Waals surface area contributed by atoms with Gasteiger partial charge in [0.1, 0.15) is 6.10 Å². The molecule has 0 fully saturated rings. The maximum atomic E-state index is 11.2. The molecule has 2 atom stereocenters. The minimum absolute atomic E-state index is 0.00735. The lowest BCUT2D eigenvalue weighted by atomic mass is 9.85. The third kappa shape index (κ3) is 4.19. The van der Waals surface area contributed by atoms with E-state index in [0.717, 1.165) is 40.2 Å². The van der Waals surface area contributed by atoms with Gasteiger partial charge in [-0.05, 0) is 103 Å². The van der Waals surface area contributed by atoms with Crippen LogP contribution in [0.25, 0.3) is 11.1 Å². The highest BCUT2D eigenvalue weighted by atomic mass is 32.2. The predicted octanol–water partition coefficient (Wildman–Crippen LogP) is 6.58. The number of benzene rings is 2. The first-order chi connectivity index (χ1) is 16.8. The SMILES string of the molecule is Cc1cc(C#N)cc(C)c1-c1c(C)cc(C)c2c1CCC2Oc1cc2c(cn1)C(CC(=O)O)CS2. The fraction of sp³-hybridized carbons (Fsp3) is 0.345. The Morgan fingerprint density at radius 2 is 1.83 bits per heavy atom. The third-order valence-corrected chi connectivity index (χ3v) is 8.44. The molecule has 5 rings (SSSR count). The summed E-state index contributed by atoms with van der Waals surface area (Å²) in [6, 6.07) is 10.4. The van der Waals surface area contributed by atoms with Gasteiger partial charge in [0.05, 0.1) is 18.1 Å². The van der Waals surface area contributed by atoms with Crippen LogP contribution in [0.4, 0.5) is 0 Å². The number of hydrogen-bond acceptors (Lipinski definition) is 5. The molecular weight excluding hydrogens is 456 g/mol. The second kappa shape index (κ2) is 9.05. The summed E-state index contributed by atoms with van der Waals surface area (Å²) in [5.74, 6) is 0.593. The molecule has 1 aliphatic carbocycles. The summed E-state index contributed by atoms with van der Waals surface area (Å²) >= 11 is 1.68. The number of aliphatic carboxylic acids is 1. The average Bonchev–Trinajstić information content (AvgIpc) is 3.39. The topological polar surface area (TPSA) is 83.2 Å². The fourth-order valence-corrected chi connectivity index (χ4v) is 7.08. The Morgan fingerprint density at radius 3 is 2.51 bits per heavy atom. The summed E-state index contributed by atoms with van der Waals surface area (Å²) in [5, 5.41) is 18.6. The Kier molecular flexibility index (Phi) is 6.06. The number of pyridine rings is 1. The summed E-state index contributed by atoms with van der Waals surface area (Å²) < 4.78 is 6.47. The maximum absolute atomic E-state index is 11.2. The molecule has 0 saturated carbocycles. The number of carbonyl (C=O) groups is 1. The molecule has 0 amide bonds. The smallest absolute Gasteiger partial charge is 0.303 e. The molecule has 1 aliphatic heterocycles. The van der Waals surface area contributed by atoms with E-state index >= 15 is 0 Å². The van der Waals surface area contributed by atoms with E-state index in [1.165, 1.54) is 33.4 Å². The second-order valence-corrected chi connectivity index (χ2v) is 10.7. The van der Waals surface area contributed by atoms with E-state index < -0.39 is 5.97 Å². The number of nitrogens with zero attached hydrogens (tertiary/aromatic N) is 2. The highest BCUT2D eigenvalue weighted by Gasteiger charge is 2.32. The van der Waals surface area contributed by atoms with Gasteiger partial charge in [-0.2, -0.15) is 5.26 Å². The van der Waals surface area contributed by atoms with Gasteiger partial charge >= 0.3 is 5.97 Å². The van der Waals surface area contributed by atoms with E-state index in [-0.39, 0.29) is 18.4 Å². The Labute approximate surface area is 210 Å². The van der Waals surface area contributed by atoms with Gasteiger partial charge < -0.3 is 9.84 Å². The molecule has 6 heteroatoms. The quantitative estimate of drug-likeness (QED) is 0.440. The molecule has 0 spiro atoms. The average molecular weight is 485 g/mol. The van der Waals surface area contributed by atoms with Crippen LogP contribution in [0.5, 0.6) is 5.88 Å². The maximum Gasteiger partial charge on any atom is 0.303 e. The molecule has 5 nitrogen and oxygen atoms in total. The highest BCUT2D eigenvalue weighted by Crippen LogP contribution is 2.46. The van der Waals surface area contributed by atoms with E-state index in [1.54, 1.807) is 18.0 Å². The first-order valence-corrected chi connectivity index (χ1v) is 12.9. The molecule has 2 aromatic carbocycles. The van der Waals surface area contributed by atoms with Gasteiger partial charge in [-0.25, -0.2) is 4.98 Å². The largest absolute Gasteiger partial charge is 0.481 e. The van der Waals surface area contributed by atoms with E-state index in [0.29, 0.717) is 11.4 Å². The van der Waals surface area contributed by atoms with Gasteiger partial charge in [0.2, 0.25) is 5.88 Å². The third-order valence-electron chi connectivity index (χ3n) is 7.20. The Bertz CT molecular complexity index is 1380. The van der Waals surface area contributed by atoms with E-state index in [2.05, 4.69) is 44.8 Å². The first kappa shape index (κ1) is 23.4. The van der Waals surface area contributed by atoms with Crippen molar-refractivity contribution in [1.82, 2.24) is 4.98 Å². The van der Waals surface area contributed by atoms with Gasteiger partial charge in [0.15, 0.2) is 0 Å². The molecule has 2 unspecified atom stereocenters. The summed E-state index contributed by atoms with van der Waals surface area (Å²) in [6.07, 6.45) is 3.67. The number of carboxylic acid groups (broad SMARTS) is 1. The van der Waals surface area contributed by atoms with Crippen LogP contribution in [-0.4, -0.2) is 21.8 Å². The number of nitriles is 1. The summed E-state index contributed by atoms with van der Waals surface area (Å²) in [7, 11) is 0. The minimum atomic E-state index is -0.777. The van der Waals surface area contributed by atoms with E-state index in [4.69, 9.17) is 4.74 Å². The van der Waals surface area contributed by atoms with Gasteiger partial charge in [0.25, 0.3) is 0 Å². The number of ether oxygens (including phenoxy) is 1. The van der Waals surface area contributed by atoms with E-state index in [9.17, 15) is 15.2 Å². The minimum Gasteiger partial charge on any atom is -0.481 e. The summed E-state index contributed by atoms with van der Waals surface area (Å²) in [6.45, 7) is 8.49. The van der Waals surface area contributed by atoms with Crippen molar-refractivity contribution in [3.8, 4) is 23.1 Å². The summed E-state index contributed by atoms with van der Waals surface area (Å²) in [4.78, 5) is 16.8. The number of hydrogen-bond donors (Lipinski definition) is 1. The highest BCUT2D eigenvalue weighted by molar-refractivity contribution is 7.99. The van der Waals surface area contributed by atoms with Crippen LogP contribution in [0, 0.1) is 39.0 Å². The van der Waals surface area contributed by atoms with Gasteiger partial charge in [0, 0.05) is 28.8 Å². The predicted molar refractivity (Wildman–Crippen MR) is 137 cm³/mol. The van der Waals surface area contributed by atoms with E-state index in [1.807, 2.05) is 18.2 Å². The van der Waals surface area contributed by atoms with Crippen molar-refractivity contribution in [2.45, 2.75) is 63.9 Å². The normalized spacial score (nSPS) is 18.1. The molecule has 0 saturated heterocycles. The van der Waals surface area contributed by atoms with Gasteiger partial charge in [-0.3, -0.25) is 4.79 Å². The van der Waals surface area contributed by atoms with Crippen LogP contribution in [0.15, 0.2) is 35.4 Å². The second-order valence-electron chi connectivity index (χ2n) is 9.69. The molecule has 35 heavy (non-hydrogen) atoms. The zero-order valence-corrected chi connectivity index (χ0v) is 21.3. The number of aryl methyl sites for hydroxylation is 4. The van der Waals surface area contributed by atoms with Crippen molar-refractivity contribution >= 4 is 17.7 Å². The van der Waals surface area contributed by atoms with Crippen molar-refractivity contribution in [3.63, 3.8) is 0 Å². The molecule has 2 aliphatic rings. The van der Waals surface area contributed by atoms with Gasteiger partial charge in [-0.1, -0.05) is 6.07 Å². The molecule has 0 radical (unpaired) electrons. The molecule has 3 aromatic rings. The Balaban J connectivity index is 1.50.